The first-order chi connectivity index (χ1) is 13.5. The van der Waals surface area contributed by atoms with E-state index in [0.717, 1.165) is 29.7 Å². The Hall–Kier alpha value is -2.34. The molecule has 0 saturated heterocycles. The van der Waals surface area contributed by atoms with Crippen molar-refractivity contribution >= 4 is 23.4 Å². The summed E-state index contributed by atoms with van der Waals surface area (Å²) in [5.41, 5.74) is 3.92. The number of aromatic nitrogens is 2. The molecule has 0 saturated carbocycles. The molecule has 28 heavy (non-hydrogen) atoms. The number of halogens is 1. The SMILES string of the molecule is CC[C@H](C)CNC(=O)c1n[nH]c2c1CN(C(=O)c1ccc(CCCl)cc1)CC2. The number of fused-ring (bicyclic) bond motifs is 1. The van der Waals surface area contributed by atoms with Crippen LogP contribution in [0.1, 0.15) is 57.9 Å². The van der Waals surface area contributed by atoms with Crippen molar-refractivity contribution in [1.29, 1.82) is 0 Å². The van der Waals surface area contributed by atoms with Gasteiger partial charge in [0.15, 0.2) is 5.69 Å². The van der Waals surface area contributed by atoms with E-state index in [1.807, 2.05) is 24.3 Å². The monoisotopic (exact) mass is 402 g/mol. The van der Waals surface area contributed by atoms with Crippen LogP contribution in [0.2, 0.25) is 0 Å². The smallest absolute Gasteiger partial charge is 0.272 e. The van der Waals surface area contributed by atoms with Crippen LogP contribution in [0.3, 0.4) is 0 Å². The molecule has 1 aromatic heterocycles. The van der Waals surface area contributed by atoms with Gasteiger partial charge in [-0.05, 0) is 30.0 Å². The Balaban J connectivity index is 1.70. The lowest BCUT2D eigenvalue weighted by Crippen LogP contribution is -2.37. The van der Waals surface area contributed by atoms with E-state index in [1.54, 1.807) is 4.90 Å². The number of benzene rings is 1. The molecule has 2 amide bonds. The van der Waals surface area contributed by atoms with Crippen molar-refractivity contribution < 1.29 is 9.59 Å². The van der Waals surface area contributed by atoms with Crippen LogP contribution in [0.5, 0.6) is 0 Å². The maximum Gasteiger partial charge on any atom is 0.272 e. The number of H-pyrrole nitrogens is 1. The summed E-state index contributed by atoms with van der Waals surface area (Å²) in [6.07, 6.45) is 2.45. The molecule has 2 heterocycles. The van der Waals surface area contributed by atoms with Crippen molar-refractivity contribution in [3.63, 3.8) is 0 Å². The fourth-order valence-corrected chi connectivity index (χ4v) is 3.48. The summed E-state index contributed by atoms with van der Waals surface area (Å²) in [6.45, 7) is 5.80. The van der Waals surface area contributed by atoms with Gasteiger partial charge in [0.2, 0.25) is 0 Å². The quantitative estimate of drug-likeness (QED) is 0.698. The minimum Gasteiger partial charge on any atom is -0.350 e. The summed E-state index contributed by atoms with van der Waals surface area (Å²) >= 11 is 5.77. The van der Waals surface area contributed by atoms with Crippen LogP contribution in [0.15, 0.2) is 24.3 Å². The van der Waals surface area contributed by atoms with E-state index in [2.05, 4.69) is 29.4 Å². The largest absolute Gasteiger partial charge is 0.350 e. The summed E-state index contributed by atoms with van der Waals surface area (Å²) in [6, 6.07) is 7.57. The predicted molar refractivity (Wildman–Crippen MR) is 110 cm³/mol. The van der Waals surface area contributed by atoms with Crippen LogP contribution < -0.4 is 5.32 Å². The number of hydrogen-bond donors (Lipinski definition) is 2. The Morgan fingerprint density at radius 3 is 2.75 bits per heavy atom. The second-order valence-corrected chi connectivity index (χ2v) is 7.74. The zero-order chi connectivity index (χ0) is 20.1. The minimum atomic E-state index is -0.183. The number of carbonyl (C=O) groups excluding carboxylic acids is 2. The molecule has 1 aromatic carbocycles. The van der Waals surface area contributed by atoms with Crippen molar-refractivity contribution in [3.05, 3.63) is 52.3 Å². The van der Waals surface area contributed by atoms with Crippen LogP contribution in [-0.4, -0.2) is 45.9 Å². The molecule has 7 heteroatoms. The van der Waals surface area contributed by atoms with Gasteiger partial charge in [-0.1, -0.05) is 32.4 Å². The van der Waals surface area contributed by atoms with E-state index in [9.17, 15) is 9.59 Å². The first kappa shape index (κ1) is 20.4. The zero-order valence-corrected chi connectivity index (χ0v) is 17.2. The van der Waals surface area contributed by atoms with Crippen LogP contribution in [0.4, 0.5) is 0 Å². The summed E-state index contributed by atoms with van der Waals surface area (Å²) in [5, 5.41) is 10.1. The lowest BCUT2D eigenvalue weighted by Gasteiger charge is -2.27. The topological polar surface area (TPSA) is 78.1 Å². The van der Waals surface area contributed by atoms with E-state index < -0.39 is 0 Å². The summed E-state index contributed by atoms with van der Waals surface area (Å²) in [7, 11) is 0. The predicted octanol–water partition coefficient (Wildman–Crippen LogP) is 3.17. The Morgan fingerprint density at radius 1 is 1.32 bits per heavy atom. The highest BCUT2D eigenvalue weighted by Gasteiger charge is 2.28. The molecule has 2 aromatic rings. The first-order valence-corrected chi connectivity index (χ1v) is 10.3. The first-order valence-electron chi connectivity index (χ1n) is 9.82. The van der Waals surface area contributed by atoms with Gasteiger partial charge >= 0.3 is 0 Å². The maximum absolute atomic E-state index is 12.9. The maximum atomic E-state index is 12.9. The average molecular weight is 403 g/mol. The fraction of sp³-hybridized carbons (Fsp3) is 0.476. The second kappa shape index (κ2) is 9.24. The normalized spacial score (nSPS) is 14.5. The van der Waals surface area contributed by atoms with E-state index in [-0.39, 0.29) is 11.8 Å². The highest BCUT2D eigenvalue weighted by atomic mass is 35.5. The van der Waals surface area contributed by atoms with Gasteiger partial charge in [0.25, 0.3) is 11.8 Å². The van der Waals surface area contributed by atoms with Gasteiger partial charge in [0, 0.05) is 42.2 Å². The molecule has 0 radical (unpaired) electrons. The standard InChI is InChI=1S/C21H27ClN4O2/c1-3-14(2)12-23-20(27)19-17-13-26(11-9-18(17)24-25-19)21(28)16-6-4-15(5-7-16)8-10-22/h4-7,14H,3,8-13H2,1-2H3,(H,23,27)(H,24,25)/t14-/m0/s1. The van der Waals surface area contributed by atoms with Crippen LogP contribution in [0, 0.1) is 5.92 Å². The number of carbonyl (C=O) groups is 2. The molecule has 0 fully saturated rings. The van der Waals surface area contributed by atoms with E-state index in [4.69, 9.17) is 11.6 Å². The summed E-state index contributed by atoms with van der Waals surface area (Å²) in [4.78, 5) is 27.2. The van der Waals surface area contributed by atoms with Gasteiger partial charge in [-0.2, -0.15) is 5.10 Å². The Kier molecular flexibility index (Phi) is 6.73. The van der Waals surface area contributed by atoms with Crippen LogP contribution in [-0.2, 0) is 19.4 Å². The van der Waals surface area contributed by atoms with Gasteiger partial charge < -0.3 is 10.2 Å². The fourth-order valence-electron chi connectivity index (χ4n) is 3.26. The van der Waals surface area contributed by atoms with Crippen LogP contribution in [0.25, 0.3) is 0 Å². The molecule has 1 aliphatic heterocycles. The Labute approximate surface area is 170 Å². The number of nitrogens with one attached hydrogen (secondary N) is 2. The van der Waals surface area contributed by atoms with Crippen molar-refractivity contribution in [2.75, 3.05) is 19.0 Å². The zero-order valence-electron chi connectivity index (χ0n) is 16.4. The molecule has 0 spiro atoms. The third kappa shape index (κ3) is 4.55. The lowest BCUT2D eigenvalue weighted by molar-refractivity contribution is 0.0731. The molecule has 1 aliphatic rings. The van der Waals surface area contributed by atoms with E-state index in [0.29, 0.717) is 49.1 Å². The molecular weight excluding hydrogens is 376 g/mol. The van der Waals surface area contributed by atoms with Gasteiger partial charge in [0.1, 0.15) is 0 Å². The minimum absolute atomic E-state index is 0.0322. The number of rotatable bonds is 7. The van der Waals surface area contributed by atoms with Gasteiger partial charge in [-0.25, -0.2) is 0 Å². The molecule has 0 bridgehead atoms. The molecule has 1 atom stereocenters. The molecule has 2 N–H and O–H groups in total. The summed E-state index contributed by atoms with van der Waals surface area (Å²) < 4.78 is 0. The second-order valence-electron chi connectivity index (χ2n) is 7.37. The van der Waals surface area contributed by atoms with Gasteiger partial charge in [-0.3, -0.25) is 14.7 Å². The van der Waals surface area contributed by atoms with Gasteiger partial charge in [-0.15, -0.1) is 11.6 Å². The van der Waals surface area contributed by atoms with E-state index >= 15 is 0 Å². The highest BCUT2D eigenvalue weighted by Crippen LogP contribution is 2.22. The molecule has 0 unspecified atom stereocenters. The molecule has 150 valence electrons. The number of nitrogens with zero attached hydrogens (tertiary/aromatic N) is 2. The number of hydrogen-bond acceptors (Lipinski definition) is 3. The average Bonchev–Trinajstić information content (AvgIpc) is 3.15. The third-order valence-corrected chi connectivity index (χ3v) is 5.52. The number of amides is 2. The van der Waals surface area contributed by atoms with Gasteiger partial charge in [0.05, 0.1) is 6.54 Å². The molecule has 3 rings (SSSR count). The van der Waals surface area contributed by atoms with Crippen molar-refractivity contribution in [2.24, 2.45) is 5.92 Å². The Bertz CT molecular complexity index is 831. The molecule has 6 nitrogen and oxygen atoms in total. The van der Waals surface area contributed by atoms with Crippen molar-refractivity contribution in [3.8, 4) is 0 Å². The number of aromatic amines is 1. The number of aryl methyl sites for hydroxylation is 1. The summed E-state index contributed by atoms with van der Waals surface area (Å²) in [5.74, 6) is 0.760. The molecule has 0 aliphatic carbocycles. The van der Waals surface area contributed by atoms with Crippen molar-refractivity contribution in [2.45, 2.75) is 39.7 Å². The highest BCUT2D eigenvalue weighted by molar-refractivity contribution is 6.18. The number of alkyl halides is 1. The Morgan fingerprint density at radius 2 is 2.07 bits per heavy atom. The van der Waals surface area contributed by atoms with E-state index in [1.165, 1.54) is 0 Å². The van der Waals surface area contributed by atoms with Crippen LogP contribution >= 0.6 is 11.6 Å². The van der Waals surface area contributed by atoms with Crippen molar-refractivity contribution in [1.82, 2.24) is 20.4 Å². The lowest BCUT2D eigenvalue weighted by atomic mass is 10.0. The molecular formula is C21H27ClN4O2. The third-order valence-electron chi connectivity index (χ3n) is 5.33.